The number of aromatic nitrogens is 1. The molecule has 0 spiro atoms. The largest absolute Gasteiger partial charge is 0.354 e. The van der Waals surface area contributed by atoms with Crippen molar-refractivity contribution in [2.24, 2.45) is 0 Å². The van der Waals surface area contributed by atoms with Gasteiger partial charge in [0.15, 0.2) is 0 Å². The second kappa shape index (κ2) is 8.88. The summed E-state index contributed by atoms with van der Waals surface area (Å²) < 4.78 is 0. The molecule has 0 aliphatic carbocycles. The maximum absolute atomic E-state index is 12.7. The summed E-state index contributed by atoms with van der Waals surface area (Å²) in [5, 5.41) is 8.03. The second-order valence-corrected chi connectivity index (χ2v) is 9.13. The van der Waals surface area contributed by atoms with Gasteiger partial charge < -0.3 is 10.2 Å². The van der Waals surface area contributed by atoms with Crippen LogP contribution in [0, 0.1) is 6.92 Å². The van der Waals surface area contributed by atoms with Crippen LogP contribution in [0.15, 0.2) is 47.2 Å². The molecule has 150 valence electrons. The van der Waals surface area contributed by atoms with Crippen LogP contribution in [0.4, 0.5) is 0 Å². The van der Waals surface area contributed by atoms with E-state index in [0.29, 0.717) is 18.0 Å². The minimum absolute atomic E-state index is 0.0366. The Balaban J connectivity index is 1.30. The highest BCUT2D eigenvalue weighted by Crippen LogP contribution is 2.23. The zero-order valence-electron chi connectivity index (χ0n) is 16.3. The van der Waals surface area contributed by atoms with Crippen molar-refractivity contribution in [3.05, 3.63) is 62.6 Å². The van der Waals surface area contributed by atoms with E-state index in [1.165, 1.54) is 16.9 Å². The van der Waals surface area contributed by atoms with Gasteiger partial charge in [0.25, 0.3) is 5.91 Å². The van der Waals surface area contributed by atoms with Crippen molar-refractivity contribution in [2.45, 2.75) is 32.2 Å². The number of amides is 2. The highest BCUT2D eigenvalue weighted by atomic mass is 32.1. The average molecular weight is 426 g/mol. The summed E-state index contributed by atoms with van der Waals surface area (Å²) in [6.45, 7) is 3.21. The monoisotopic (exact) mass is 425 g/mol. The Labute approximate surface area is 178 Å². The van der Waals surface area contributed by atoms with Crippen LogP contribution >= 0.6 is 22.7 Å². The molecule has 0 bridgehead atoms. The van der Waals surface area contributed by atoms with Crippen molar-refractivity contribution in [2.75, 3.05) is 13.1 Å². The van der Waals surface area contributed by atoms with E-state index < -0.39 is 0 Å². The van der Waals surface area contributed by atoms with Gasteiger partial charge in [-0.05, 0) is 43.2 Å². The molecule has 1 atom stereocenters. The van der Waals surface area contributed by atoms with Crippen LogP contribution < -0.4 is 5.32 Å². The minimum atomic E-state index is -0.361. The topological polar surface area (TPSA) is 62.3 Å². The third-order valence-corrected chi connectivity index (χ3v) is 6.76. The molecule has 0 saturated carbocycles. The Bertz CT molecular complexity index is 980. The lowest BCUT2D eigenvalue weighted by Crippen LogP contribution is -2.46. The Morgan fingerprint density at radius 3 is 2.72 bits per heavy atom. The van der Waals surface area contributed by atoms with Gasteiger partial charge in [0.1, 0.15) is 6.04 Å². The first-order valence-electron chi connectivity index (χ1n) is 9.75. The van der Waals surface area contributed by atoms with Crippen LogP contribution in [-0.4, -0.2) is 40.8 Å². The number of benzene rings is 1. The predicted molar refractivity (Wildman–Crippen MR) is 117 cm³/mol. The maximum atomic E-state index is 12.7. The summed E-state index contributed by atoms with van der Waals surface area (Å²) in [5.74, 6) is -0.0903. The van der Waals surface area contributed by atoms with Crippen molar-refractivity contribution in [1.29, 1.82) is 0 Å². The Kier molecular flexibility index (Phi) is 6.06. The van der Waals surface area contributed by atoms with E-state index in [4.69, 9.17) is 0 Å². The average Bonchev–Trinajstić information content (AvgIpc) is 3.49. The minimum Gasteiger partial charge on any atom is -0.354 e. The van der Waals surface area contributed by atoms with Crippen molar-refractivity contribution in [3.8, 4) is 11.3 Å². The van der Waals surface area contributed by atoms with Gasteiger partial charge in [-0.15, -0.1) is 22.7 Å². The molecule has 4 rings (SSSR count). The van der Waals surface area contributed by atoms with E-state index in [2.05, 4.69) is 39.9 Å². The third kappa shape index (κ3) is 4.57. The SMILES string of the molecule is Cc1nc(-c2ccc(CCNC(=O)[C@@H]3CCCN3C(=O)c3cccs3)cc2)cs1. The van der Waals surface area contributed by atoms with Crippen LogP contribution in [0.25, 0.3) is 11.3 Å². The van der Waals surface area contributed by atoms with Crippen molar-refractivity contribution < 1.29 is 9.59 Å². The van der Waals surface area contributed by atoms with Gasteiger partial charge in [0.05, 0.1) is 15.6 Å². The molecule has 0 unspecified atom stereocenters. The summed E-state index contributed by atoms with van der Waals surface area (Å²) in [6.07, 6.45) is 2.35. The molecule has 1 aromatic carbocycles. The van der Waals surface area contributed by atoms with E-state index in [-0.39, 0.29) is 17.9 Å². The summed E-state index contributed by atoms with van der Waals surface area (Å²) in [5.41, 5.74) is 3.28. The van der Waals surface area contributed by atoms with Gasteiger partial charge in [0, 0.05) is 24.0 Å². The zero-order valence-corrected chi connectivity index (χ0v) is 17.9. The number of hydrogen-bond donors (Lipinski definition) is 1. The number of carbonyl (C=O) groups is 2. The Morgan fingerprint density at radius 1 is 1.21 bits per heavy atom. The van der Waals surface area contributed by atoms with Crippen LogP contribution in [0.1, 0.15) is 33.1 Å². The lowest BCUT2D eigenvalue weighted by atomic mass is 10.1. The first-order valence-corrected chi connectivity index (χ1v) is 11.5. The molecule has 0 radical (unpaired) electrons. The fourth-order valence-corrected chi connectivity index (χ4v) is 4.91. The molecule has 1 N–H and O–H groups in total. The maximum Gasteiger partial charge on any atom is 0.264 e. The fraction of sp³-hybridized carbons (Fsp3) is 0.318. The number of likely N-dealkylation sites (tertiary alicyclic amines) is 1. The van der Waals surface area contributed by atoms with Crippen molar-refractivity contribution in [1.82, 2.24) is 15.2 Å². The van der Waals surface area contributed by atoms with Crippen LogP contribution in [0.2, 0.25) is 0 Å². The quantitative estimate of drug-likeness (QED) is 0.646. The highest BCUT2D eigenvalue weighted by molar-refractivity contribution is 7.12. The van der Waals surface area contributed by atoms with Crippen LogP contribution in [-0.2, 0) is 11.2 Å². The van der Waals surface area contributed by atoms with Gasteiger partial charge in [-0.25, -0.2) is 4.98 Å². The lowest BCUT2D eigenvalue weighted by molar-refractivity contribution is -0.124. The number of rotatable bonds is 6. The molecular weight excluding hydrogens is 402 g/mol. The Hall–Kier alpha value is -2.51. The number of thiophene rings is 1. The third-order valence-electron chi connectivity index (χ3n) is 5.13. The van der Waals surface area contributed by atoms with Crippen molar-refractivity contribution in [3.63, 3.8) is 0 Å². The summed E-state index contributed by atoms with van der Waals surface area (Å²) in [4.78, 5) is 32.2. The zero-order chi connectivity index (χ0) is 20.2. The van der Waals surface area contributed by atoms with E-state index >= 15 is 0 Å². The normalized spacial score (nSPS) is 16.2. The molecule has 1 fully saturated rings. The second-order valence-electron chi connectivity index (χ2n) is 7.12. The van der Waals surface area contributed by atoms with E-state index in [0.717, 1.165) is 35.5 Å². The summed E-state index contributed by atoms with van der Waals surface area (Å²) in [6, 6.07) is 11.6. The van der Waals surface area contributed by atoms with E-state index in [1.807, 2.05) is 24.4 Å². The molecule has 5 nitrogen and oxygen atoms in total. The van der Waals surface area contributed by atoms with Crippen LogP contribution in [0.5, 0.6) is 0 Å². The molecule has 3 aromatic rings. The molecule has 1 aliphatic rings. The summed E-state index contributed by atoms with van der Waals surface area (Å²) >= 11 is 3.07. The molecule has 1 aliphatic heterocycles. The molecule has 3 heterocycles. The fourth-order valence-electron chi connectivity index (χ4n) is 3.61. The first kappa shape index (κ1) is 19.8. The molecular formula is C22H23N3O2S2. The highest BCUT2D eigenvalue weighted by Gasteiger charge is 2.34. The van der Waals surface area contributed by atoms with E-state index in [9.17, 15) is 9.59 Å². The lowest BCUT2D eigenvalue weighted by Gasteiger charge is -2.23. The molecule has 7 heteroatoms. The Morgan fingerprint density at radius 2 is 2.03 bits per heavy atom. The van der Waals surface area contributed by atoms with E-state index in [1.54, 1.807) is 16.2 Å². The first-order chi connectivity index (χ1) is 14.1. The summed E-state index contributed by atoms with van der Waals surface area (Å²) in [7, 11) is 0. The molecule has 1 saturated heterocycles. The standard InChI is InChI=1S/C22H23N3O2S2/c1-15-24-18(14-29-15)17-8-6-16(7-9-17)10-11-23-21(26)19-4-2-12-25(19)22(27)20-5-3-13-28-20/h3,5-9,13-14,19H,2,4,10-12H2,1H3,(H,23,26)/t19-/m0/s1. The number of hydrogen-bond acceptors (Lipinski definition) is 5. The predicted octanol–water partition coefficient (Wildman–Crippen LogP) is 4.14. The van der Waals surface area contributed by atoms with Gasteiger partial charge in [-0.1, -0.05) is 30.3 Å². The number of nitrogens with one attached hydrogen (secondary N) is 1. The smallest absolute Gasteiger partial charge is 0.264 e. The molecule has 2 amide bonds. The number of carbonyl (C=O) groups excluding carboxylic acids is 2. The van der Waals surface area contributed by atoms with Gasteiger partial charge in [0.2, 0.25) is 5.91 Å². The van der Waals surface area contributed by atoms with Gasteiger partial charge in [-0.2, -0.15) is 0 Å². The molecule has 2 aromatic heterocycles. The molecule has 29 heavy (non-hydrogen) atoms. The number of aryl methyl sites for hydroxylation is 1. The van der Waals surface area contributed by atoms with Crippen LogP contribution in [0.3, 0.4) is 0 Å². The van der Waals surface area contributed by atoms with Gasteiger partial charge >= 0.3 is 0 Å². The number of thiazole rings is 1. The van der Waals surface area contributed by atoms with Crippen molar-refractivity contribution >= 4 is 34.5 Å². The number of nitrogens with zero attached hydrogens (tertiary/aromatic N) is 2. The van der Waals surface area contributed by atoms with Gasteiger partial charge in [-0.3, -0.25) is 9.59 Å².